The Morgan fingerprint density at radius 3 is 2.94 bits per heavy atom. The van der Waals surface area contributed by atoms with E-state index in [1.165, 1.54) is 0 Å². The van der Waals surface area contributed by atoms with Crippen LogP contribution in [0.3, 0.4) is 0 Å². The van der Waals surface area contributed by atoms with Gasteiger partial charge in [0.2, 0.25) is 5.91 Å². The lowest BCUT2D eigenvalue weighted by Gasteiger charge is -2.43. The van der Waals surface area contributed by atoms with Gasteiger partial charge in [-0.2, -0.15) is 11.3 Å². The van der Waals surface area contributed by atoms with Crippen LogP contribution in [0.5, 0.6) is 0 Å². The van der Waals surface area contributed by atoms with Gasteiger partial charge in [0.05, 0.1) is 0 Å². The second-order valence-electron chi connectivity index (χ2n) is 4.90. The average Bonchev–Trinajstić information content (AvgIpc) is 2.83. The van der Waals surface area contributed by atoms with Crippen molar-refractivity contribution < 1.29 is 10.0 Å². The van der Waals surface area contributed by atoms with Gasteiger partial charge in [0.15, 0.2) is 5.84 Å². The number of amidine groups is 1. The molecule has 1 aromatic heterocycles. The number of hydrogen-bond acceptors (Lipinski definition) is 4. The minimum atomic E-state index is -0.815. The number of nitrogens with two attached hydrogens (primary N) is 1. The van der Waals surface area contributed by atoms with Gasteiger partial charge >= 0.3 is 0 Å². The molecule has 1 amide bonds. The van der Waals surface area contributed by atoms with Crippen LogP contribution in [0.4, 0.5) is 0 Å². The number of rotatable bonds is 4. The molecule has 1 fully saturated rings. The maximum atomic E-state index is 12.2. The number of nitrogens with zero attached hydrogens (tertiary/aromatic N) is 1. The predicted molar refractivity (Wildman–Crippen MR) is 70.4 cm³/mol. The first-order valence-electron chi connectivity index (χ1n) is 5.86. The normalized spacial score (nSPS) is 27.6. The number of amides is 1. The molecule has 0 bridgehead atoms. The summed E-state index contributed by atoms with van der Waals surface area (Å²) in [7, 11) is 0. The first kappa shape index (κ1) is 12.9. The Balaban J connectivity index is 2.01. The highest BCUT2D eigenvalue weighted by atomic mass is 32.1. The highest BCUT2D eigenvalue weighted by Gasteiger charge is 2.52. The molecule has 1 heterocycles. The molecule has 0 aromatic carbocycles. The summed E-state index contributed by atoms with van der Waals surface area (Å²) in [5.74, 6) is 0.294. The molecule has 0 atom stereocenters. The summed E-state index contributed by atoms with van der Waals surface area (Å²) < 4.78 is 0. The number of nitrogens with one attached hydrogen (secondary N) is 1. The van der Waals surface area contributed by atoms with Crippen molar-refractivity contribution in [3.05, 3.63) is 22.4 Å². The van der Waals surface area contributed by atoms with Gasteiger partial charge in [-0.05, 0) is 41.1 Å². The van der Waals surface area contributed by atoms with Gasteiger partial charge in [-0.1, -0.05) is 12.1 Å². The molecule has 98 valence electrons. The van der Waals surface area contributed by atoms with Gasteiger partial charge in [0, 0.05) is 6.54 Å². The molecule has 4 N–H and O–H groups in total. The summed E-state index contributed by atoms with van der Waals surface area (Å²) in [6, 6.07) is 1.96. The number of oxime groups is 1. The Labute approximate surface area is 110 Å². The van der Waals surface area contributed by atoms with E-state index in [1.807, 2.05) is 16.8 Å². The minimum Gasteiger partial charge on any atom is -0.409 e. The predicted octanol–water partition coefficient (Wildman–Crippen LogP) is 1.53. The molecule has 0 aliphatic heterocycles. The minimum absolute atomic E-state index is 0.0171. The fourth-order valence-corrected chi connectivity index (χ4v) is 3.15. The third-order valence-electron chi connectivity index (χ3n) is 3.46. The van der Waals surface area contributed by atoms with Crippen molar-refractivity contribution in [3.8, 4) is 0 Å². The van der Waals surface area contributed by atoms with Gasteiger partial charge in [-0.3, -0.25) is 4.79 Å². The lowest BCUT2D eigenvalue weighted by atomic mass is 9.61. The summed E-state index contributed by atoms with van der Waals surface area (Å²) in [4.78, 5) is 12.2. The molecule has 6 heteroatoms. The quantitative estimate of drug-likeness (QED) is 0.334. The molecule has 0 radical (unpaired) electrons. The van der Waals surface area contributed by atoms with Crippen molar-refractivity contribution in [3.63, 3.8) is 0 Å². The molecule has 0 saturated heterocycles. The van der Waals surface area contributed by atoms with E-state index in [9.17, 15) is 4.79 Å². The van der Waals surface area contributed by atoms with Crippen LogP contribution in [0.25, 0.3) is 0 Å². The first-order chi connectivity index (χ1) is 8.58. The number of hydrogen-bond donors (Lipinski definition) is 3. The highest BCUT2D eigenvalue weighted by Crippen LogP contribution is 2.45. The molecule has 1 aliphatic rings. The Morgan fingerprint density at radius 1 is 1.72 bits per heavy atom. The maximum absolute atomic E-state index is 12.2. The maximum Gasteiger partial charge on any atom is 0.234 e. The van der Waals surface area contributed by atoms with Crippen molar-refractivity contribution in [2.75, 3.05) is 0 Å². The van der Waals surface area contributed by atoms with Crippen molar-refractivity contribution in [2.45, 2.75) is 26.3 Å². The zero-order chi connectivity index (χ0) is 13.2. The summed E-state index contributed by atoms with van der Waals surface area (Å²) in [6.07, 6.45) is 1.27. The lowest BCUT2D eigenvalue weighted by molar-refractivity contribution is -0.133. The highest BCUT2D eigenvalue weighted by molar-refractivity contribution is 7.07. The first-order valence-corrected chi connectivity index (χ1v) is 6.80. The van der Waals surface area contributed by atoms with Gasteiger partial charge in [0.25, 0.3) is 0 Å². The second-order valence-corrected chi connectivity index (χ2v) is 5.68. The van der Waals surface area contributed by atoms with Crippen LogP contribution >= 0.6 is 11.3 Å². The van der Waals surface area contributed by atoms with Gasteiger partial charge < -0.3 is 16.3 Å². The molecule has 1 saturated carbocycles. The zero-order valence-electron chi connectivity index (χ0n) is 10.2. The fraction of sp³-hybridized carbons (Fsp3) is 0.500. The van der Waals surface area contributed by atoms with Crippen LogP contribution in [0.2, 0.25) is 0 Å². The van der Waals surface area contributed by atoms with Crippen LogP contribution in [-0.2, 0) is 11.3 Å². The van der Waals surface area contributed by atoms with Crippen molar-refractivity contribution in [1.82, 2.24) is 5.32 Å². The van der Waals surface area contributed by atoms with E-state index >= 15 is 0 Å². The van der Waals surface area contributed by atoms with Crippen molar-refractivity contribution >= 4 is 23.1 Å². The molecule has 1 aliphatic carbocycles. The largest absolute Gasteiger partial charge is 0.409 e. The third-order valence-corrected chi connectivity index (χ3v) is 4.19. The molecule has 1 aromatic rings. The topological polar surface area (TPSA) is 87.7 Å². The molecule has 5 nitrogen and oxygen atoms in total. The SMILES string of the molecule is CC1CC(C(=O)NCc2ccsc2)(/C(N)=N/O)C1. The monoisotopic (exact) mass is 267 g/mol. The van der Waals surface area contributed by atoms with Crippen molar-refractivity contribution in [1.29, 1.82) is 0 Å². The summed E-state index contributed by atoms with van der Waals surface area (Å²) in [5, 5.41) is 18.6. The van der Waals surface area contributed by atoms with Crippen molar-refractivity contribution in [2.24, 2.45) is 22.2 Å². The van der Waals surface area contributed by atoms with Crippen LogP contribution in [-0.4, -0.2) is 17.0 Å². The van der Waals surface area contributed by atoms with Gasteiger partial charge in [0.1, 0.15) is 5.41 Å². The van der Waals surface area contributed by atoms with E-state index in [4.69, 9.17) is 10.9 Å². The Hall–Kier alpha value is -1.56. The number of thiophene rings is 1. The van der Waals surface area contributed by atoms with E-state index in [0.717, 1.165) is 5.56 Å². The van der Waals surface area contributed by atoms with E-state index in [-0.39, 0.29) is 11.7 Å². The Morgan fingerprint density at radius 2 is 2.44 bits per heavy atom. The van der Waals surface area contributed by atoms with Gasteiger partial charge in [-0.25, -0.2) is 0 Å². The second kappa shape index (κ2) is 4.97. The standard InChI is InChI=1S/C12H17N3O2S/c1-8-4-12(5-8,10(13)15-17)11(16)14-6-9-2-3-18-7-9/h2-3,7-8,17H,4-6H2,1H3,(H2,13,15)(H,14,16). The average molecular weight is 267 g/mol. The smallest absolute Gasteiger partial charge is 0.234 e. The van der Waals surface area contributed by atoms with E-state index in [0.29, 0.717) is 25.3 Å². The molecule has 18 heavy (non-hydrogen) atoms. The summed E-state index contributed by atoms with van der Waals surface area (Å²) in [5.41, 5.74) is 5.92. The van der Waals surface area contributed by atoms with Crippen LogP contribution in [0.1, 0.15) is 25.3 Å². The summed E-state index contributed by atoms with van der Waals surface area (Å²) in [6.45, 7) is 2.53. The zero-order valence-corrected chi connectivity index (χ0v) is 11.0. The number of carbonyl (C=O) groups excluding carboxylic acids is 1. The number of carbonyl (C=O) groups is 1. The fourth-order valence-electron chi connectivity index (χ4n) is 2.48. The van der Waals surface area contributed by atoms with Crippen LogP contribution < -0.4 is 11.1 Å². The Kier molecular flexibility index (Phi) is 3.56. The molecule has 0 spiro atoms. The van der Waals surface area contributed by atoms with E-state index < -0.39 is 5.41 Å². The van der Waals surface area contributed by atoms with Gasteiger partial charge in [-0.15, -0.1) is 0 Å². The molecule has 2 rings (SSSR count). The summed E-state index contributed by atoms with van der Waals surface area (Å²) >= 11 is 1.59. The van der Waals surface area contributed by atoms with Crippen LogP contribution in [0.15, 0.2) is 22.0 Å². The lowest BCUT2D eigenvalue weighted by Crippen LogP contribution is -2.56. The molecular weight excluding hydrogens is 250 g/mol. The Bertz CT molecular complexity index is 450. The van der Waals surface area contributed by atoms with Crippen LogP contribution in [0, 0.1) is 11.3 Å². The van der Waals surface area contributed by atoms with E-state index in [2.05, 4.69) is 17.4 Å². The molecular formula is C12H17N3O2S. The van der Waals surface area contributed by atoms with E-state index in [1.54, 1.807) is 11.3 Å². The third kappa shape index (κ3) is 2.20. The molecule has 0 unspecified atom stereocenters.